The summed E-state index contributed by atoms with van der Waals surface area (Å²) < 4.78 is 0. The Balaban J connectivity index is 4.38. The maximum absolute atomic E-state index is 12.0. The Labute approximate surface area is 213 Å². The van der Waals surface area contributed by atoms with E-state index in [1.54, 1.807) is 0 Å². The van der Waals surface area contributed by atoms with Gasteiger partial charge in [-0.3, -0.25) is 24.1 Å². The minimum Gasteiger partial charge on any atom is -0.480 e. The molecule has 0 aromatic heterocycles. The molecule has 0 aromatic rings. The van der Waals surface area contributed by atoms with Crippen LogP contribution >= 0.6 is 0 Å². The minimum atomic E-state index is -1.45. The lowest BCUT2D eigenvalue weighted by molar-refractivity contribution is -0.141. The van der Waals surface area contributed by atoms with Crippen molar-refractivity contribution in [3.05, 3.63) is 0 Å². The van der Waals surface area contributed by atoms with Gasteiger partial charge in [-0.15, -0.1) is 0 Å². The van der Waals surface area contributed by atoms with Crippen LogP contribution in [-0.4, -0.2) is 166 Å². The van der Waals surface area contributed by atoms with Gasteiger partial charge in [-0.05, 0) is 0 Å². The number of carbonyl (C=O) groups excluding carboxylic acids is 2. The van der Waals surface area contributed by atoms with Crippen molar-refractivity contribution < 1.29 is 60.0 Å². The first kappa shape index (κ1) is 34.5. The maximum Gasteiger partial charge on any atom is 0.321 e. The summed E-state index contributed by atoms with van der Waals surface area (Å²) in [5.41, 5.74) is 0. The molecule has 0 aromatic carbocycles. The van der Waals surface area contributed by atoms with Crippen LogP contribution in [0, 0.1) is 0 Å². The van der Waals surface area contributed by atoms with Crippen molar-refractivity contribution in [2.24, 2.45) is 0 Å². The van der Waals surface area contributed by atoms with E-state index < -0.39 is 80.4 Å². The first-order valence-electron chi connectivity index (χ1n) is 11.5. The molecule has 0 saturated carbocycles. The summed E-state index contributed by atoms with van der Waals surface area (Å²) in [5, 5.41) is 83.5. The van der Waals surface area contributed by atoms with E-state index in [4.69, 9.17) is 15.3 Å². The summed E-state index contributed by atoms with van der Waals surface area (Å²) in [4.78, 5) is 47.6. The summed E-state index contributed by atoms with van der Waals surface area (Å²) in [7, 11) is 0. The molecule has 5 atom stereocenters. The molecular weight excluding hydrogens is 502 g/mol. The van der Waals surface area contributed by atoms with E-state index in [2.05, 4.69) is 21.3 Å². The molecule has 12 N–H and O–H groups in total. The second kappa shape index (κ2) is 19.6. The number of aliphatic hydroxyl groups excluding tert-OH is 6. The summed E-state index contributed by atoms with van der Waals surface area (Å²) in [5.74, 6) is -3.77. The number of nitrogens with zero attached hydrogens (tertiary/aromatic N) is 1. The molecule has 0 aliphatic carbocycles. The Morgan fingerprint density at radius 2 is 1.24 bits per heavy atom. The first-order chi connectivity index (χ1) is 17.4. The number of aliphatic carboxylic acids is 2. The average Bonchev–Trinajstić information content (AvgIpc) is 2.85. The lowest BCUT2D eigenvalue weighted by Crippen LogP contribution is -2.47. The number of aliphatic hydroxyl groups is 6. The van der Waals surface area contributed by atoms with Crippen molar-refractivity contribution >= 4 is 23.8 Å². The maximum atomic E-state index is 12.0. The van der Waals surface area contributed by atoms with E-state index in [0.29, 0.717) is 0 Å². The molecule has 0 aliphatic heterocycles. The standard InChI is InChI=1S/C20H39N5O12/c26-10-15(30)13(28)6-23-17(32)5-12(20(36)37)22-2-1-21-3-4-25(9-19(34)35)8-18(33)24-7-14(29)16(31)11-27/h12-16,21-22,26-31H,1-11H2,(H,23,32)(H,24,33)(H,34,35)(H,36,37). The zero-order valence-corrected chi connectivity index (χ0v) is 20.3. The highest BCUT2D eigenvalue weighted by atomic mass is 16.4. The first-order valence-corrected chi connectivity index (χ1v) is 11.5. The average molecular weight is 542 g/mol. The van der Waals surface area contributed by atoms with Crippen LogP contribution in [0.4, 0.5) is 0 Å². The van der Waals surface area contributed by atoms with Crippen LogP contribution in [0.5, 0.6) is 0 Å². The largest absolute Gasteiger partial charge is 0.480 e. The van der Waals surface area contributed by atoms with Crippen LogP contribution in [0.15, 0.2) is 0 Å². The Morgan fingerprint density at radius 3 is 1.73 bits per heavy atom. The SMILES string of the molecule is O=C(O)CN(CCNCCNC(CC(=O)NCC(O)C(O)CO)C(=O)O)CC(=O)NCC(O)C(O)CO. The lowest BCUT2D eigenvalue weighted by atomic mass is 10.1. The quantitative estimate of drug-likeness (QED) is 0.0567. The molecule has 37 heavy (non-hydrogen) atoms. The number of carbonyl (C=O) groups is 4. The number of amides is 2. The van der Waals surface area contributed by atoms with E-state index in [1.165, 1.54) is 4.90 Å². The van der Waals surface area contributed by atoms with Crippen LogP contribution in [0.2, 0.25) is 0 Å². The monoisotopic (exact) mass is 541 g/mol. The Kier molecular flexibility index (Phi) is 18.3. The van der Waals surface area contributed by atoms with Crippen molar-refractivity contribution in [1.29, 1.82) is 0 Å². The van der Waals surface area contributed by atoms with Gasteiger partial charge in [-0.25, -0.2) is 0 Å². The van der Waals surface area contributed by atoms with Gasteiger partial charge >= 0.3 is 11.9 Å². The smallest absolute Gasteiger partial charge is 0.321 e. The molecule has 0 spiro atoms. The third-order valence-electron chi connectivity index (χ3n) is 4.99. The number of rotatable bonds is 22. The highest BCUT2D eigenvalue weighted by molar-refractivity contribution is 5.84. The normalized spacial score (nSPS) is 15.4. The predicted molar refractivity (Wildman–Crippen MR) is 125 cm³/mol. The number of carboxylic acids is 2. The van der Waals surface area contributed by atoms with Gasteiger partial charge in [-0.2, -0.15) is 0 Å². The van der Waals surface area contributed by atoms with Crippen molar-refractivity contribution in [2.45, 2.75) is 36.9 Å². The fraction of sp³-hybridized carbons (Fsp3) is 0.800. The minimum absolute atomic E-state index is 0.126. The molecule has 5 unspecified atom stereocenters. The molecule has 17 nitrogen and oxygen atoms in total. The molecule has 0 fully saturated rings. The zero-order valence-electron chi connectivity index (χ0n) is 20.3. The molecule has 17 heteroatoms. The van der Waals surface area contributed by atoms with Crippen molar-refractivity contribution in [3.63, 3.8) is 0 Å². The Hall–Kier alpha value is -2.48. The summed E-state index contributed by atoms with van der Waals surface area (Å²) in [6.07, 6.45) is -6.13. The second-order valence-electron chi connectivity index (χ2n) is 8.15. The van der Waals surface area contributed by atoms with Crippen LogP contribution in [0.3, 0.4) is 0 Å². The summed E-state index contributed by atoms with van der Waals surface area (Å²) in [6.45, 7) is -2.13. The van der Waals surface area contributed by atoms with Crippen LogP contribution in [0.1, 0.15) is 6.42 Å². The predicted octanol–water partition coefficient (Wildman–Crippen LogP) is -6.94. The molecule has 0 saturated heterocycles. The van der Waals surface area contributed by atoms with Gasteiger partial charge in [0.05, 0.1) is 44.9 Å². The topological polar surface area (TPSA) is 281 Å². The highest BCUT2D eigenvalue weighted by Crippen LogP contribution is 1.96. The highest BCUT2D eigenvalue weighted by Gasteiger charge is 2.22. The Bertz CT molecular complexity index is 701. The summed E-state index contributed by atoms with van der Waals surface area (Å²) in [6, 6.07) is -1.24. The van der Waals surface area contributed by atoms with Gasteiger partial charge in [0.1, 0.15) is 18.2 Å². The Morgan fingerprint density at radius 1 is 0.703 bits per heavy atom. The lowest BCUT2D eigenvalue weighted by Gasteiger charge is -2.21. The molecule has 2 amide bonds. The van der Waals surface area contributed by atoms with E-state index in [0.717, 1.165) is 0 Å². The fourth-order valence-corrected chi connectivity index (χ4v) is 2.82. The van der Waals surface area contributed by atoms with Gasteiger partial charge < -0.3 is 62.1 Å². The molecule has 216 valence electrons. The molecule has 0 heterocycles. The molecule has 0 rings (SSSR count). The fourth-order valence-electron chi connectivity index (χ4n) is 2.82. The van der Waals surface area contributed by atoms with E-state index >= 15 is 0 Å². The molecule has 0 aliphatic rings. The van der Waals surface area contributed by atoms with Crippen molar-refractivity contribution in [1.82, 2.24) is 26.2 Å². The summed E-state index contributed by atoms with van der Waals surface area (Å²) >= 11 is 0. The molecule has 0 radical (unpaired) electrons. The van der Waals surface area contributed by atoms with Gasteiger partial charge in [0.25, 0.3) is 0 Å². The van der Waals surface area contributed by atoms with Gasteiger partial charge in [0.15, 0.2) is 0 Å². The van der Waals surface area contributed by atoms with Crippen LogP contribution < -0.4 is 21.3 Å². The van der Waals surface area contributed by atoms with E-state index in [1.807, 2.05) is 0 Å². The molecular formula is C20H39N5O12. The second-order valence-corrected chi connectivity index (χ2v) is 8.15. The number of nitrogens with one attached hydrogen (secondary N) is 4. The number of carboxylic acid groups (broad SMARTS) is 2. The zero-order chi connectivity index (χ0) is 28.4. The van der Waals surface area contributed by atoms with Crippen molar-refractivity contribution in [2.75, 3.05) is 65.6 Å². The van der Waals surface area contributed by atoms with Crippen molar-refractivity contribution in [3.8, 4) is 0 Å². The third kappa shape index (κ3) is 16.8. The van der Waals surface area contributed by atoms with E-state index in [9.17, 15) is 44.7 Å². The van der Waals surface area contributed by atoms with Crippen LogP contribution in [0.25, 0.3) is 0 Å². The van der Waals surface area contributed by atoms with E-state index in [-0.39, 0.29) is 45.8 Å². The molecule has 0 bridgehead atoms. The number of hydrogen-bond acceptors (Lipinski definition) is 13. The number of hydrogen-bond donors (Lipinski definition) is 12. The van der Waals surface area contributed by atoms with Gasteiger partial charge in [-0.1, -0.05) is 0 Å². The van der Waals surface area contributed by atoms with Crippen LogP contribution in [-0.2, 0) is 19.2 Å². The third-order valence-corrected chi connectivity index (χ3v) is 4.99. The van der Waals surface area contributed by atoms with Gasteiger partial charge in [0, 0.05) is 39.3 Å². The van der Waals surface area contributed by atoms with Gasteiger partial charge in [0.2, 0.25) is 11.8 Å².